The predicted molar refractivity (Wildman–Crippen MR) is 114 cm³/mol. The van der Waals surface area contributed by atoms with E-state index in [1.165, 1.54) is 0 Å². The Kier molecular flexibility index (Phi) is 5.92. The van der Waals surface area contributed by atoms with Crippen LogP contribution in [-0.4, -0.2) is 57.2 Å². The predicted octanol–water partition coefficient (Wildman–Crippen LogP) is 3.26. The standard InChI is InChI=1S/C21H20BrN3O4/c22-16-3-1-15(2-4-16)11-23-12-19-13-25(21(27)29-19)18-7-5-17(6-8-18)24-9-10-28-14-20(24)26/h1-8,11,19H,9-10,12-14H2/b23-11+/t19-/m0/s1. The van der Waals surface area contributed by atoms with Gasteiger partial charge in [-0.3, -0.25) is 14.7 Å². The molecular weight excluding hydrogens is 438 g/mol. The quantitative estimate of drug-likeness (QED) is 0.645. The molecule has 0 spiro atoms. The Balaban J connectivity index is 1.36. The van der Waals surface area contributed by atoms with Gasteiger partial charge in [-0.15, -0.1) is 0 Å². The van der Waals surface area contributed by atoms with Crippen LogP contribution >= 0.6 is 15.9 Å². The molecule has 2 heterocycles. The van der Waals surface area contributed by atoms with Gasteiger partial charge in [-0.05, 0) is 42.0 Å². The van der Waals surface area contributed by atoms with E-state index in [2.05, 4.69) is 20.9 Å². The van der Waals surface area contributed by atoms with E-state index >= 15 is 0 Å². The van der Waals surface area contributed by atoms with Crippen molar-refractivity contribution >= 4 is 45.5 Å². The molecule has 2 aliphatic heterocycles. The van der Waals surface area contributed by atoms with E-state index in [0.29, 0.717) is 26.2 Å². The van der Waals surface area contributed by atoms with Crippen LogP contribution in [0.3, 0.4) is 0 Å². The number of cyclic esters (lactones) is 1. The molecule has 0 bridgehead atoms. The van der Waals surface area contributed by atoms with E-state index in [9.17, 15) is 9.59 Å². The molecular formula is C21H20BrN3O4. The number of halogens is 1. The summed E-state index contributed by atoms with van der Waals surface area (Å²) in [6, 6.07) is 15.2. The Hall–Kier alpha value is -2.71. The van der Waals surface area contributed by atoms with Crippen molar-refractivity contribution in [3.63, 3.8) is 0 Å². The van der Waals surface area contributed by atoms with Gasteiger partial charge in [-0.2, -0.15) is 0 Å². The maximum atomic E-state index is 12.3. The molecule has 2 fully saturated rings. The highest BCUT2D eigenvalue weighted by Crippen LogP contribution is 2.25. The molecule has 0 radical (unpaired) electrons. The van der Waals surface area contributed by atoms with Crippen LogP contribution in [0.5, 0.6) is 0 Å². The van der Waals surface area contributed by atoms with Gasteiger partial charge in [-0.25, -0.2) is 4.79 Å². The Morgan fingerprint density at radius 2 is 1.72 bits per heavy atom. The average Bonchev–Trinajstić information content (AvgIpc) is 3.10. The Morgan fingerprint density at radius 3 is 2.41 bits per heavy atom. The number of rotatable bonds is 5. The van der Waals surface area contributed by atoms with Crippen molar-refractivity contribution in [2.75, 3.05) is 42.6 Å². The minimum absolute atomic E-state index is 0.0618. The van der Waals surface area contributed by atoms with Gasteiger partial charge in [0.2, 0.25) is 0 Å². The number of hydrogen-bond acceptors (Lipinski definition) is 5. The minimum atomic E-state index is -0.385. The topological polar surface area (TPSA) is 71.4 Å². The fourth-order valence-electron chi connectivity index (χ4n) is 3.26. The highest BCUT2D eigenvalue weighted by Gasteiger charge is 2.32. The summed E-state index contributed by atoms with van der Waals surface area (Å²) >= 11 is 3.40. The first kappa shape index (κ1) is 19.6. The van der Waals surface area contributed by atoms with Gasteiger partial charge in [0, 0.05) is 28.6 Å². The third-order valence-electron chi connectivity index (χ3n) is 4.75. The minimum Gasteiger partial charge on any atom is -0.442 e. The van der Waals surface area contributed by atoms with Crippen LogP contribution in [0.15, 0.2) is 58.0 Å². The second-order valence-corrected chi connectivity index (χ2v) is 7.69. The van der Waals surface area contributed by atoms with Crippen LogP contribution in [-0.2, 0) is 14.3 Å². The number of benzene rings is 2. The summed E-state index contributed by atoms with van der Waals surface area (Å²) in [4.78, 5) is 31.9. The van der Waals surface area contributed by atoms with E-state index in [1.54, 1.807) is 16.0 Å². The van der Waals surface area contributed by atoms with E-state index in [4.69, 9.17) is 9.47 Å². The highest BCUT2D eigenvalue weighted by atomic mass is 79.9. The molecule has 2 aromatic rings. The van der Waals surface area contributed by atoms with E-state index in [1.807, 2.05) is 48.5 Å². The number of amides is 2. The third-order valence-corrected chi connectivity index (χ3v) is 5.28. The van der Waals surface area contributed by atoms with Gasteiger partial charge >= 0.3 is 6.09 Å². The molecule has 0 aliphatic carbocycles. The molecule has 2 amide bonds. The van der Waals surface area contributed by atoms with Crippen molar-refractivity contribution in [3.05, 3.63) is 58.6 Å². The van der Waals surface area contributed by atoms with Crippen molar-refractivity contribution in [1.29, 1.82) is 0 Å². The Labute approximate surface area is 177 Å². The van der Waals surface area contributed by atoms with E-state index in [0.717, 1.165) is 21.4 Å². The third kappa shape index (κ3) is 4.65. The molecule has 7 nitrogen and oxygen atoms in total. The van der Waals surface area contributed by atoms with Crippen LogP contribution in [0.25, 0.3) is 0 Å². The maximum absolute atomic E-state index is 12.3. The zero-order valence-corrected chi connectivity index (χ0v) is 17.2. The fraction of sp³-hybridized carbons (Fsp3) is 0.286. The lowest BCUT2D eigenvalue weighted by Gasteiger charge is -2.27. The number of nitrogens with zero attached hydrogens (tertiary/aromatic N) is 3. The lowest BCUT2D eigenvalue weighted by atomic mass is 10.2. The summed E-state index contributed by atoms with van der Waals surface area (Å²) < 4.78 is 11.6. The first-order valence-corrected chi connectivity index (χ1v) is 10.1. The maximum Gasteiger partial charge on any atom is 0.414 e. The van der Waals surface area contributed by atoms with Gasteiger partial charge in [0.05, 0.1) is 19.7 Å². The normalized spacial score (nSPS) is 19.8. The van der Waals surface area contributed by atoms with Gasteiger partial charge in [-0.1, -0.05) is 28.1 Å². The average molecular weight is 458 g/mol. The van der Waals surface area contributed by atoms with Crippen molar-refractivity contribution in [1.82, 2.24) is 0 Å². The van der Waals surface area contributed by atoms with Crippen molar-refractivity contribution < 1.29 is 19.1 Å². The molecule has 0 N–H and O–H groups in total. The van der Waals surface area contributed by atoms with Gasteiger partial charge < -0.3 is 14.4 Å². The molecule has 4 rings (SSSR count). The van der Waals surface area contributed by atoms with Crippen LogP contribution in [0.4, 0.5) is 16.2 Å². The summed E-state index contributed by atoms with van der Waals surface area (Å²) in [5.41, 5.74) is 2.52. The lowest BCUT2D eigenvalue weighted by molar-refractivity contribution is -0.125. The van der Waals surface area contributed by atoms with E-state index in [-0.39, 0.29) is 24.7 Å². The van der Waals surface area contributed by atoms with Crippen molar-refractivity contribution in [3.8, 4) is 0 Å². The Bertz CT molecular complexity index is 915. The lowest BCUT2D eigenvalue weighted by Crippen LogP contribution is -2.41. The SMILES string of the molecule is O=C1COCCN1c1ccc(N2C[C@H](C/N=C/c3ccc(Br)cc3)OC2=O)cc1. The summed E-state index contributed by atoms with van der Waals surface area (Å²) in [7, 11) is 0. The van der Waals surface area contributed by atoms with Crippen LogP contribution in [0, 0.1) is 0 Å². The zero-order chi connectivity index (χ0) is 20.2. The van der Waals surface area contributed by atoms with Crippen LogP contribution in [0.1, 0.15) is 5.56 Å². The number of ether oxygens (including phenoxy) is 2. The second kappa shape index (κ2) is 8.75. The molecule has 1 atom stereocenters. The summed E-state index contributed by atoms with van der Waals surface area (Å²) in [6.45, 7) is 1.99. The first-order valence-electron chi connectivity index (χ1n) is 9.32. The van der Waals surface area contributed by atoms with E-state index < -0.39 is 0 Å². The summed E-state index contributed by atoms with van der Waals surface area (Å²) in [5, 5.41) is 0. The van der Waals surface area contributed by atoms with Gasteiger partial charge in [0.15, 0.2) is 0 Å². The largest absolute Gasteiger partial charge is 0.442 e. The summed E-state index contributed by atoms with van der Waals surface area (Å²) in [5.74, 6) is -0.0618. The molecule has 2 aromatic carbocycles. The molecule has 0 aromatic heterocycles. The second-order valence-electron chi connectivity index (χ2n) is 6.78. The van der Waals surface area contributed by atoms with Gasteiger partial charge in [0.1, 0.15) is 12.7 Å². The smallest absolute Gasteiger partial charge is 0.414 e. The number of carbonyl (C=O) groups excluding carboxylic acids is 2. The van der Waals surface area contributed by atoms with Crippen LogP contribution < -0.4 is 9.80 Å². The molecule has 2 saturated heterocycles. The first-order chi connectivity index (χ1) is 14.1. The number of carbonyl (C=O) groups is 2. The molecule has 8 heteroatoms. The van der Waals surface area contributed by atoms with Crippen LogP contribution in [0.2, 0.25) is 0 Å². The number of anilines is 2. The molecule has 0 saturated carbocycles. The number of aliphatic imine (C=N–C) groups is 1. The molecule has 29 heavy (non-hydrogen) atoms. The zero-order valence-electron chi connectivity index (χ0n) is 15.7. The van der Waals surface area contributed by atoms with Gasteiger partial charge in [0.25, 0.3) is 5.91 Å². The highest BCUT2D eigenvalue weighted by molar-refractivity contribution is 9.10. The number of hydrogen-bond donors (Lipinski definition) is 0. The molecule has 0 unspecified atom stereocenters. The molecule has 2 aliphatic rings. The monoisotopic (exact) mass is 457 g/mol. The number of morpholine rings is 1. The fourth-order valence-corrected chi connectivity index (χ4v) is 3.52. The van der Waals surface area contributed by atoms with Crippen molar-refractivity contribution in [2.24, 2.45) is 4.99 Å². The molecule has 150 valence electrons. The Morgan fingerprint density at radius 1 is 1.03 bits per heavy atom. The van der Waals surface area contributed by atoms with Crippen molar-refractivity contribution in [2.45, 2.75) is 6.10 Å². The summed E-state index contributed by atoms with van der Waals surface area (Å²) in [6.07, 6.45) is 1.09.